The second-order valence-corrected chi connectivity index (χ2v) is 7.64. The molecule has 0 atom stereocenters. The number of aryl methyl sites for hydroxylation is 1. The van der Waals surface area contributed by atoms with Gasteiger partial charge in [-0.3, -0.25) is 0 Å². The smallest absolute Gasteiger partial charge is 0.320 e. The molecule has 29 heavy (non-hydrogen) atoms. The van der Waals surface area contributed by atoms with Gasteiger partial charge in [0.15, 0.2) is 0 Å². The Labute approximate surface area is 180 Å². The molecule has 150 valence electrons. The van der Waals surface area contributed by atoms with Crippen LogP contribution in [-0.4, -0.2) is 17.5 Å². The maximum Gasteiger partial charge on any atom is 0.322 e. The third-order valence-electron chi connectivity index (χ3n) is 4.58. The molecule has 3 aromatic carbocycles. The molecule has 3 rings (SSSR count). The summed E-state index contributed by atoms with van der Waals surface area (Å²) in [6.45, 7) is 2.49. The van der Waals surface area contributed by atoms with Gasteiger partial charge in [-0.1, -0.05) is 65.2 Å². The summed E-state index contributed by atoms with van der Waals surface area (Å²) >= 11 is 12.2. The first-order valence-corrected chi connectivity index (χ1v) is 9.98. The first-order chi connectivity index (χ1) is 13.9. The van der Waals surface area contributed by atoms with Gasteiger partial charge in [-0.2, -0.15) is 0 Å². The van der Waals surface area contributed by atoms with Gasteiger partial charge in [-0.05, 0) is 49.2 Å². The molecule has 3 aromatic rings. The zero-order chi connectivity index (χ0) is 20.8. The lowest BCUT2D eigenvalue weighted by Crippen LogP contribution is -2.36. The fourth-order valence-electron chi connectivity index (χ4n) is 2.90. The summed E-state index contributed by atoms with van der Waals surface area (Å²) < 4.78 is 14.2. The average molecular weight is 431 g/mol. The SMILES string of the molecule is Cc1ccc(NC(=O)N(CCc2ccc(Cl)cc2Cl)Cc2ccccc2F)cc1. The van der Waals surface area contributed by atoms with Crippen LogP contribution in [0.3, 0.4) is 0 Å². The van der Waals surface area contributed by atoms with E-state index in [0.717, 1.165) is 11.1 Å². The van der Waals surface area contributed by atoms with Crippen LogP contribution in [0.4, 0.5) is 14.9 Å². The molecule has 2 amide bonds. The van der Waals surface area contributed by atoms with E-state index >= 15 is 0 Å². The number of carbonyl (C=O) groups excluding carboxylic acids is 1. The number of nitrogens with zero attached hydrogens (tertiary/aromatic N) is 1. The maximum atomic E-state index is 14.2. The van der Waals surface area contributed by atoms with E-state index < -0.39 is 0 Å². The molecule has 1 N–H and O–H groups in total. The fraction of sp³-hybridized carbons (Fsp3) is 0.174. The van der Waals surface area contributed by atoms with Crippen LogP contribution in [0.2, 0.25) is 10.0 Å². The topological polar surface area (TPSA) is 32.3 Å². The molecule has 0 saturated heterocycles. The molecule has 6 heteroatoms. The van der Waals surface area contributed by atoms with Crippen molar-refractivity contribution in [1.29, 1.82) is 0 Å². The van der Waals surface area contributed by atoms with Crippen LogP contribution in [0.5, 0.6) is 0 Å². The first kappa shape index (κ1) is 21.2. The summed E-state index contributed by atoms with van der Waals surface area (Å²) in [7, 11) is 0. The van der Waals surface area contributed by atoms with Crippen molar-refractivity contribution in [3.05, 3.63) is 99.3 Å². The number of urea groups is 1. The van der Waals surface area contributed by atoms with Crippen molar-refractivity contribution in [2.45, 2.75) is 19.9 Å². The van der Waals surface area contributed by atoms with E-state index in [1.165, 1.54) is 6.07 Å². The fourth-order valence-corrected chi connectivity index (χ4v) is 3.41. The predicted octanol–water partition coefficient (Wildman–Crippen LogP) is 6.72. The summed E-state index contributed by atoms with van der Waals surface area (Å²) in [4.78, 5) is 14.5. The summed E-state index contributed by atoms with van der Waals surface area (Å²) in [6.07, 6.45) is 0.520. The Morgan fingerprint density at radius 2 is 1.72 bits per heavy atom. The summed E-state index contributed by atoms with van der Waals surface area (Å²) in [5.74, 6) is -0.342. The Kier molecular flexibility index (Phi) is 7.13. The summed E-state index contributed by atoms with van der Waals surface area (Å²) in [5.41, 5.74) is 3.11. The molecule has 0 fully saturated rings. The van der Waals surface area contributed by atoms with Crippen molar-refractivity contribution in [1.82, 2.24) is 4.90 Å². The zero-order valence-electron chi connectivity index (χ0n) is 16.0. The van der Waals surface area contributed by atoms with E-state index in [2.05, 4.69) is 5.32 Å². The summed E-state index contributed by atoms with van der Waals surface area (Å²) in [5, 5.41) is 3.98. The van der Waals surface area contributed by atoms with Gasteiger partial charge >= 0.3 is 6.03 Å². The number of hydrogen-bond donors (Lipinski definition) is 1. The number of amides is 2. The molecule has 0 spiro atoms. The number of rotatable bonds is 6. The zero-order valence-corrected chi connectivity index (χ0v) is 17.5. The molecule has 0 aliphatic heterocycles. The van der Waals surface area contributed by atoms with Crippen LogP contribution in [0.15, 0.2) is 66.7 Å². The minimum absolute atomic E-state index is 0.148. The first-order valence-electron chi connectivity index (χ1n) is 9.22. The van der Waals surface area contributed by atoms with Gasteiger partial charge in [-0.15, -0.1) is 0 Å². The Hall–Kier alpha value is -2.56. The molecular weight excluding hydrogens is 410 g/mol. The Bertz CT molecular complexity index is 992. The molecule has 0 aromatic heterocycles. The molecule has 0 heterocycles. The van der Waals surface area contributed by atoms with Crippen LogP contribution in [0.25, 0.3) is 0 Å². The number of anilines is 1. The Balaban J connectivity index is 1.77. The van der Waals surface area contributed by atoms with Gasteiger partial charge in [0.2, 0.25) is 0 Å². The number of halogens is 3. The van der Waals surface area contributed by atoms with E-state index in [1.807, 2.05) is 37.3 Å². The highest BCUT2D eigenvalue weighted by Gasteiger charge is 2.17. The van der Waals surface area contributed by atoms with Gasteiger partial charge in [0.25, 0.3) is 0 Å². The minimum Gasteiger partial charge on any atom is -0.320 e. The Morgan fingerprint density at radius 3 is 2.41 bits per heavy atom. The van der Waals surface area contributed by atoms with Gasteiger partial charge in [-0.25, -0.2) is 9.18 Å². The third kappa shape index (κ3) is 5.96. The van der Waals surface area contributed by atoms with Crippen molar-refractivity contribution < 1.29 is 9.18 Å². The second-order valence-electron chi connectivity index (χ2n) is 6.79. The number of carbonyl (C=O) groups is 1. The van der Waals surface area contributed by atoms with Crippen molar-refractivity contribution in [2.24, 2.45) is 0 Å². The third-order valence-corrected chi connectivity index (χ3v) is 5.16. The van der Waals surface area contributed by atoms with Crippen LogP contribution in [-0.2, 0) is 13.0 Å². The second kappa shape index (κ2) is 9.77. The van der Waals surface area contributed by atoms with Crippen LogP contribution in [0, 0.1) is 12.7 Å². The maximum absolute atomic E-state index is 14.2. The molecular formula is C23H21Cl2FN2O. The number of nitrogens with one attached hydrogen (secondary N) is 1. The standard InChI is InChI=1S/C23H21Cl2FN2O/c1-16-6-10-20(11-7-16)27-23(29)28(15-18-4-2-3-5-22(18)26)13-12-17-8-9-19(24)14-21(17)25/h2-11,14H,12-13,15H2,1H3,(H,27,29). The Morgan fingerprint density at radius 1 is 1.00 bits per heavy atom. The molecule has 0 aliphatic carbocycles. The van der Waals surface area contributed by atoms with Crippen molar-refractivity contribution in [3.8, 4) is 0 Å². The van der Waals surface area contributed by atoms with Crippen molar-refractivity contribution >= 4 is 34.9 Å². The largest absolute Gasteiger partial charge is 0.322 e. The lowest BCUT2D eigenvalue weighted by atomic mass is 10.1. The molecule has 0 aliphatic rings. The lowest BCUT2D eigenvalue weighted by molar-refractivity contribution is 0.209. The van der Waals surface area contributed by atoms with Crippen LogP contribution in [0.1, 0.15) is 16.7 Å². The monoisotopic (exact) mass is 430 g/mol. The van der Waals surface area contributed by atoms with E-state index in [4.69, 9.17) is 23.2 Å². The van der Waals surface area contributed by atoms with Crippen LogP contribution >= 0.6 is 23.2 Å². The molecule has 3 nitrogen and oxygen atoms in total. The van der Waals surface area contributed by atoms with Gasteiger partial charge in [0.05, 0.1) is 6.54 Å². The number of benzene rings is 3. The van der Waals surface area contributed by atoms with E-state index in [1.54, 1.807) is 35.2 Å². The normalized spacial score (nSPS) is 10.6. The van der Waals surface area contributed by atoms with E-state index in [-0.39, 0.29) is 18.4 Å². The molecule has 0 unspecified atom stereocenters. The van der Waals surface area contributed by atoms with E-state index in [9.17, 15) is 9.18 Å². The van der Waals surface area contributed by atoms with Crippen molar-refractivity contribution in [3.63, 3.8) is 0 Å². The quantitative estimate of drug-likeness (QED) is 0.462. The highest BCUT2D eigenvalue weighted by atomic mass is 35.5. The predicted molar refractivity (Wildman–Crippen MR) is 117 cm³/mol. The van der Waals surface area contributed by atoms with Gasteiger partial charge in [0.1, 0.15) is 5.82 Å². The molecule has 0 bridgehead atoms. The lowest BCUT2D eigenvalue weighted by Gasteiger charge is -2.24. The van der Waals surface area contributed by atoms with Gasteiger partial charge < -0.3 is 10.2 Å². The molecule has 0 saturated carbocycles. The van der Waals surface area contributed by atoms with Crippen LogP contribution < -0.4 is 5.32 Å². The number of hydrogen-bond acceptors (Lipinski definition) is 1. The van der Waals surface area contributed by atoms with E-state index in [0.29, 0.717) is 34.3 Å². The highest BCUT2D eigenvalue weighted by Crippen LogP contribution is 2.22. The van der Waals surface area contributed by atoms with Crippen molar-refractivity contribution in [2.75, 3.05) is 11.9 Å². The van der Waals surface area contributed by atoms with Gasteiger partial charge in [0, 0.05) is 27.8 Å². The summed E-state index contributed by atoms with van der Waals surface area (Å²) in [6, 6.07) is 18.9. The highest BCUT2D eigenvalue weighted by molar-refractivity contribution is 6.35. The average Bonchev–Trinajstić information content (AvgIpc) is 2.69. The minimum atomic E-state index is -0.342. The molecule has 0 radical (unpaired) electrons.